The molecule has 2 aliphatic heterocycles. The lowest BCUT2D eigenvalue weighted by molar-refractivity contribution is -0.162. The summed E-state index contributed by atoms with van der Waals surface area (Å²) in [7, 11) is 0. The first-order valence-electron chi connectivity index (χ1n) is 5.26. The Morgan fingerprint density at radius 2 is 2.31 bits per heavy atom. The van der Waals surface area contributed by atoms with Gasteiger partial charge in [-0.15, -0.1) is 0 Å². The maximum absolute atomic E-state index is 9.82. The van der Waals surface area contributed by atoms with Crippen molar-refractivity contribution in [2.24, 2.45) is 5.92 Å². The van der Waals surface area contributed by atoms with E-state index in [4.69, 9.17) is 9.47 Å². The first kappa shape index (κ1) is 9.44. The van der Waals surface area contributed by atoms with Gasteiger partial charge in [0.25, 0.3) is 0 Å². The van der Waals surface area contributed by atoms with Crippen molar-refractivity contribution in [3.05, 3.63) is 0 Å². The van der Waals surface area contributed by atoms with E-state index in [2.05, 4.69) is 6.92 Å². The summed E-state index contributed by atoms with van der Waals surface area (Å²) in [5.74, 6) is 0.207. The Morgan fingerprint density at radius 1 is 1.46 bits per heavy atom. The van der Waals surface area contributed by atoms with Gasteiger partial charge in [-0.05, 0) is 6.42 Å². The van der Waals surface area contributed by atoms with E-state index in [0.717, 1.165) is 19.3 Å². The summed E-state index contributed by atoms with van der Waals surface area (Å²) in [6, 6.07) is 0. The zero-order valence-electron chi connectivity index (χ0n) is 8.11. The highest BCUT2D eigenvalue weighted by Crippen LogP contribution is 2.34. The zero-order valence-corrected chi connectivity index (χ0v) is 8.11. The van der Waals surface area contributed by atoms with Crippen LogP contribution in [0, 0.1) is 5.92 Å². The number of fused-ring (bicyclic) bond motifs is 2. The summed E-state index contributed by atoms with van der Waals surface area (Å²) < 4.78 is 11.1. The Labute approximate surface area is 79.0 Å². The van der Waals surface area contributed by atoms with Gasteiger partial charge in [0, 0.05) is 12.3 Å². The molecule has 2 fully saturated rings. The van der Waals surface area contributed by atoms with Crippen molar-refractivity contribution in [2.75, 3.05) is 6.61 Å². The van der Waals surface area contributed by atoms with E-state index < -0.39 is 0 Å². The van der Waals surface area contributed by atoms with Crippen LogP contribution >= 0.6 is 0 Å². The molecule has 4 unspecified atom stereocenters. The summed E-state index contributed by atoms with van der Waals surface area (Å²) in [5, 5.41) is 9.82. The molecule has 0 aromatic rings. The van der Waals surface area contributed by atoms with E-state index in [1.54, 1.807) is 0 Å². The van der Waals surface area contributed by atoms with E-state index in [1.165, 1.54) is 6.42 Å². The average Bonchev–Trinajstić information content (AvgIpc) is 2.49. The predicted octanol–water partition coefficient (Wildman–Crippen LogP) is 1.30. The third-order valence-corrected chi connectivity index (χ3v) is 3.01. The summed E-state index contributed by atoms with van der Waals surface area (Å²) >= 11 is 0. The lowest BCUT2D eigenvalue weighted by atomic mass is 9.90. The van der Waals surface area contributed by atoms with Crippen LogP contribution in [0.4, 0.5) is 0 Å². The van der Waals surface area contributed by atoms with Crippen LogP contribution < -0.4 is 0 Å². The smallest absolute Gasteiger partial charge is 0.163 e. The Kier molecular flexibility index (Phi) is 2.86. The van der Waals surface area contributed by atoms with Crippen LogP contribution in [0.2, 0.25) is 0 Å². The minimum absolute atomic E-state index is 0.125. The van der Waals surface area contributed by atoms with E-state index >= 15 is 0 Å². The Bertz CT molecular complexity index is 172. The van der Waals surface area contributed by atoms with Gasteiger partial charge in [-0.3, -0.25) is 0 Å². The van der Waals surface area contributed by atoms with Gasteiger partial charge in [0.05, 0.1) is 18.8 Å². The highest BCUT2D eigenvalue weighted by molar-refractivity contribution is 4.85. The fourth-order valence-electron chi connectivity index (χ4n) is 2.21. The highest BCUT2D eigenvalue weighted by Gasteiger charge is 2.42. The minimum atomic E-state index is -0.210. The summed E-state index contributed by atoms with van der Waals surface area (Å²) in [4.78, 5) is 0. The van der Waals surface area contributed by atoms with Gasteiger partial charge in [0.2, 0.25) is 0 Å². The van der Waals surface area contributed by atoms with Crippen molar-refractivity contribution in [1.29, 1.82) is 0 Å². The molecule has 2 rings (SSSR count). The molecule has 0 aromatic carbocycles. The second-order valence-electron chi connectivity index (χ2n) is 4.07. The zero-order chi connectivity index (χ0) is 9.26. The van der Waals surface area contributed by atoms with Crippen LogP contribution in [0.15, 0.2) is 0 Å². The number of hydrogen-bond acceptors (Lipinski definition) is 3. The maximum atomic E-state index is 9.82. The molecule has 3 nitrogen and oxygen atoms in total. The van der Waals surface area contributed by atoms with Crippen LogP contribution in [-0.2, 0) is 9.47 Å². The van der Waals surface area contributed by atoms with Gasteiger partial charge in [0.1, 0.15) is 0 Å². The van der Waals surface area contributed by atoms with Crippen molar-refractivity contribution in [2.45, 2.75) is 51.1 Å². The van der Waals surface area contributed by atoms with Crippen molar-refractivity contribution in [1.82, 2.24) is 0 Å². The van der Waals surface area contributed by atoms with Crippen LogP contribution in [0.3, 0.4) is 0 Å². The molecule has 2 aliphatic rings. The molecular formula is C10H18O3. The summed E-state index contributed by atoms with van der Waals surface area (Å²) in [6.07, 6.45) is 3.91. The van der Waals surface area contributed by atoms with Gasteiger partial charge in [0.15, 0.2) is 6.29 Å². The maximum Gasteiger partial charge on any atom is 0.163 e. The number of hydrogen-bond donors (Lipinski definition) is 1. The predicted molar refractivity (Wildman–Crippen MR) is 48.3 cm³/mol. The number of rotatable bonds is 3. The number of unbranched alkanes of at least 4 members (excludes halogenated alkanes) is 1. The quantitative estimate of drug-likeness (QED) is 0.722. The number of ether oxygens (including phenoxy) is 2. The normalized spacial score (nSPS) is 43.8. The molecule has 3 heteroatoms. The molecule has 0 spiro atoms. The molecule has 2 saturated heterocycles. The fourth-order valence-corrected chi connectivity index (χ4v) is 2.21. The van der Waals surface area contributed by atoms with E-state index in [9.17, 15) is 5.11 Å². The van der Waals surface area contributed by atoms with Crippen molar-refractivity contribution >= 4 is 0 Å². The SMILES string of the molecule is CCCCC1C(O)CC2COC1O2. The molecule has 4 atom stereocenters. The molecule has 0 aromatic heterocycles. The third kappa shape index (κ3) is 1.87. The monoisotopic (exact) mass is 186 g/mol. The molecule has 13 heavy (non-hydrogen) atoms. The molecule has 1 N–H and O–H groups in total. The van der Waals surface area contributed by atoms with Crippen LogP contribution in [0.5, 0.6) is 0 Å². The van der Waals surface area contributed by atoms with Crippen molar-refractivity contribution in [3.8, 4) is 0 Å². The third-order valence-electron chi connectivity index (χ3n) is 3.01. The fraction of sp³-hybridized carbons (Fsp3) is 1.00. The number of aliphatic hydroxyl groups is 1. The molecular weight excluding hydrogens is 168 g/mol. The molecule has 2 bridgehead atoms. The topological polar surface area (TPSA) is 38.7 Å². The van der Waals surface area contributed by atoms with E-state index in [0.29, 0.717) is 6.61 Å². The average molecular weight is 186 g/mol. The minimum Gasteiger partial charge on any atom is -0.393 e. The Morgan fingerprint density at radius 3 is 3.08 bits per heavy atom. The first-order valence-corrected chi connectivity index (χ1v) is 5.26. The van der Waals surface area contributed by atoms with Gasteiger partial charge in [-0.2, -0.15) is 0 Å². The molecule has 0 aliphatic carbocycles. The largest absolute Gasteiger partial charge is 0.393 e. The van der Waals surface area contributed by atoms with E-state index in [-0.39, 0.29) is 24.4 Å². The van der Waals surface area contributed by atoms with Crippen LogP contribution in [0.1, 0.15) is 32.6 Å². The van der Waals surface area contributed by atoms with Gasteiger partial charge in [-0.1, -0.05) is 19.8 Å². The molecule has 0 saturated carbocycles. The van der Waals surface area contributed by atoms with Crippen LogP contribution in [-0.4, -0.2) is 30.2 Å². The molecule has 2 heterocycles. The number of aliphatic hydroxyl groups excluding tert-OH is 1. The lowest BCUT2D eigenvalue weighted by Crippen LogP contribution is -2.39. The van der Waals surface area contributed by atoms with E-state index in [1.807, 2.05) is 0 Å². The van der Waals surface area contributed by atoms with Crippen LogP contribution in [0.25, 0.3) is 0 Å². The van der Waals surface area contributed by atoms with Gasteiger partial charge in [-0.25, -0.2) is 0 Å². The standard InChI is InChI=1S/C10H18O3/c1-2-3-4-8-9(11)5-7-6-12-10(8)13-7/h7-11H,2-6H2,1H3. The van der Waals surface area contributed by atoms with Crippen molar-refractivity contribution in [3.63, 3.8) is 0 Å². The summed E-state index contributed by atoms with van der Waals surface area (Å²) in [6.45, 7) is 2.83. The second kappa shape index (κ2) is 3.95. The Hall–Kier alpha value is -0.120. The highest BCUT2D eigenvalue weighted by atomic mass is 16.7. The lowest BCUT2D eigenvalue weighted by Gasteiger charge is -2.31. The second-order valence-corrected chi connectivity index (χ2v) is 4.07. The molecule has 0 radical (unpaired) electrons. The van der Waals surface area contributed by atoms with Gasteiger partial charge >= 0.3 is 0 Å². The summed E-state index contributed by atoms with van der Waals surface area (Å²) in [5.41, 5.74) is 0. The first-order chi connectivity index (χ1) is 6.31. The van der Waals surface area contributed by atoms with Crippen molar-refractivity contribution < 1.29 is 14.6 Å². The van der Waals surface area contributed by atoms with Gasteiger partial charge < -0.3 is 14.6 Å². The molecule has 0 amide bonds. The Balaban J connectivity index is 1.91. The molecule has 76 valence electrons.